The van der Waals surface area contributed by atoms with Crippen LogP contribution in [0.15, 0.2) is 18.3 Å². The van der Waals surface area contributed by atoms with Crippen LogP contribution in [-0.4, -0.2) is 18.1 Å². The van der Waals surface area contributed by atoms with Gasteiger partial charge in [0.05, 0.1) is 12.3 Å². The van der Waals surface area contributed by atoms with Gasteiger partial charge in [0.25, 0.3) is 0 Å². The van der Waals surface area contributed by atoms with Crippen molar-refractivity contribution < 1.29 is 4.74 Å². The highest BCUT2D eigenvalue weighted by molar-refractivity contribution is 5.22. The maximum absolute atomic E-state index is 5.77. The van der Waals surface area contributed by atoms with Crippen LogP contribution in [0.5, 0.6) is 5.75 Å². The van der Waals surface area contributed by atoms with E-state index in [1.165, 1.54) is 25.7 Å². The Balaban J connectivity index is 2.20. The van der Waals surface area contributed by atoms with Crippen LogP contribution in [0.1, 0.15) is 58.1 Å². The van der Waals surface area contributed by atoms with E-state index in [0.717, 1.165) is 44.0 Å². The quantitative estimate of drug-likeness (QED) is 0.615. The molecule has 1 rings (SSSR count). The molecule has 1 aromatic heterocycles. The van der Waals surface area contributed by atoms with E-state index in [-0.39, 0.29) is 0 Å². The Bertz CT molecular complexity index is 328. The summed E-state index contributed by atoms with van der Waals surface area (Å²) in [5, 5.41) is 3.35. The second-order valence-corrected chi connectivity index (χ2v) is 4.92. The first-order valence-corrected chi connectivity index (χ1v) is 7.65. The van der Waals surface area contributed by atoms with Gasteiger partial charge in [0.2, 0.25) is 0 Å². The van der Waals surface area contributed by atoms with Crippen LogP contribution in [0.4, 0.5) is 0 Å². The normalized spacial score (nSPS) is 10.6. The molecule has 0 saturated carbocycles. The first-order valence-electron chi connectivity index (χ1n) is 7.65. The lowest BCUT2D eigenvalue weighted by molar-refractivity contribution is 0.304. The third kappa shape index (κ3) is 7.83. The predicted octanol–water partition coefficient (Wildman–Crippen LogP) is 3.93. The highest BCUT2D eigenvalue weighted by atomic mass is 16.5. The fraction of sp³-hybridized carbons (Fsp3) is 0.688. The van der Waals surface area contributed by atoms with Crippen LogP contribution in [0.25, 0.3) is 0 Å². The number of nitrogens with zero attached hydrogens (tertiary/aromatic N) is 1. The highest BCUT2D eigenvalue weighted by Crippen LogP contribution is 2.12. The fourth-order valence-corrected chi connectivity index (χ4v) is 1.93. The maximum Gasteiger partial charge on any atom is 0.122 e. The van der Waals surface area contributed by atoms with Crippen molar-refractivity contribution in [1.82, 2.24) is 10.3 Å². The molecule has 0 unspecified atom stereocenters. The van der Waals surface area contributed by atoms with Gasteiger partial charge in [-0.2, -0.15) is 0 Å². The molecule has 0 fully saturated rings. The van der Waals surface area contributed by atoms with E-state index in [9.17, 15) is 0 Å². The second-order valence-electron chi connectivity index (χ2n) is 4.92. The number of ether oxygens (including phenoxy) is 1. The molecule has 0 radical (unpaired) electrons. The van der Waals surface area contributed by atoms with E-state index >= 15 is 0 Å². The largest absolute Gasteiger partial charge is 0.493 e. The van der Waals surface area contributed by atoms with Gasteiger partial charge in [0.1, 0.15) is 5.75 Å². The van der Waals surface area contributed by atoms with Gasteiger partial charge in [-0.25, -0.2) is 0 Å². The van der Waals surface area contributed by atoms with Crippen molar-refractivity contribution >= 4 is 0 Å². The van der Waals surface area contributed by atoms with Crippen molar-refractivity contribution in [3.8, 4) is 5.75 Å². The number of hydrogen-bond acceptors (Lipinski definition) is 3. The smallest absolute Gasteiger partial charge is 0.122 e. The number of rotatable bonds is 11. The van der Waals surface area contributed by atoms with Gasteiger partial charge in [0, 0.05) is 18.8 Å². The summed E-state index contributed by atoms with van der Waals surface area (Å²) in [6.07, 6.45) is 9.34. The number of aromatic nitrogens is 1. The molecule has 108 valence electrons. The molecule has 0 aliphatic rings. The molecule has 1 heterocycles. The molecule has 0 atom stereocenters. The monoisotopic (exact) mass is 264 g/mol. The van der Waals surface area contributed by atoms with E-state index in [4.69, 9.17) is 4.74 Å². The van der Waals surface area contributed by atoms with Gasteiger partial charge < -0.3 is 10.1 Å². The lowest BCUT2D eigenvalue weighted by Crippen LogP contribution is -2.14. The Morgan fingerprint density at radius 2 is 1.95 bits per heavy atom. The molecule has 0 aliphatic carbocycles. The standard InChI is InChI=1S/C16H28N2O/c1-3-5-6-7-8-12-19-16-9-11-18-15(13-16)14-17-10-4-2/h9,11,13,17H,3-8,10,12,14H2,1-2H3. The zero-order valence-electron chi connectivity index (χ0n) is 12.5. The summed E-state index contributed by atoms with van der Waals surface area (Å²) in [6.45, 7) is 7.07. The summed E-state index contributed by atoms with van der Waals surface area (Å²) in [7, 11) is 0. The van der Waals surface area contributed by atoms with E-state index in [1.807, 2.05) is 18.3 Å². The van der Waals surface area contributed by atoms with Crippen molar-refractivity contribution in [3.63, 3.8) is 0 Å². The molecule has 1 N–H and O–H groups in total. The summed E-state index contributed by atoms with van der Waals surface area (Å²) in [4.78, 5) is 4.34. The molecule has 0 aromatic carbocycles. The minimum atomic E-state index is 0.815. The first-order chi connectivity index (χ1) is 9.36. The third-order valence-corrected chi connectivity index (χ3v) is 3.04. The van der Waals surface area contributed by atoms with Gasteiger partial charge in [0.15, 0.2) is 0 Å². The van der Waals surface area contributed by atoms with E-state index in [0.29, 0.717) is 0 Å². The van der Waals surface area contributed by atoms with Gasteiger partial charge in [-0.15, -0.1) is 0 Å². The summed E-state index contributed by atoms with van der Waals surface area (Å²) >= 11 is 0. The molecule has 0 saturated heterocycles. The fourth-order valence-electron chi connectivity index (χ4n) is 1.93. The first kappa shape index (κ1) is 16.0. The van der Waals surface area contributed by atoms with E-state index in [2.05, 4.69) is 24.1 Å². The predicted molar refractivity (Wildman–Crippen MR) is 80.5 cm³/mol. The van der Waals surface area contributed by atoms with Crippen molar-refractivity contribution in [2.24, 2.45) is 0 Å². The summed E-state index contributed by atoms with van der Waals surface area (Å²) in [5.74, 6) is 0.943. The zero-order valence-corrected chi connectivity index (χ0v) is 12.5. The third-order valence-electron chi connectivity index (χ3n) is 3.04. The molecule has 3 heteroatoms. The topological polar surface area (TPSA) is 34.1 Å². The molecular formula is C16H28N2O. The van der Waals surface area contributed by atoms with Gasteiger partial charge >= 0.3 is 0 Å². The van der Waals surface area contributed by atoms with E-state index in [1.54, 1.807) is 0 Å². The summed E-state index contributed by atoms with van der Waals surface area (Å²) < 4.78 is 5.77. The summed E-state index contributed by atoms with van der Waals surface area (Å²) in [6, 6.07) is 3.98. The van der Waals surface area contributed by atoms with Crippen molar-refractivity contribution in [2.75, 3.05) is 13.2 Å². The van der Waals surface area contributed by atoms with Crippen LogP contribution in [0, 0.1) is 0 Å². The Morgan fingerprint density at radius 1 is 1.11 bits per heavy atom. The highest BCUT2D eigenvalue weighted by Gasteiger charge is 1.98. The molecule has 19 heavy (non-hydrogen) atoms. The Kier molecular flexibility index (Phi) is 9.07. The minimum Gasteiger partial charge on any atom is -0.493 e. The Morgan fingerprint density at radius 3 is 2.74 bits per heavy atom. The Labute approximate surface area is 117 Å². The van der Waals surface area contributed by atoms with Crippen molar-refractivity contribution in [1.29, 1.82) is 0 Å². The zero-order chi connectivity index (χ0) is 13.8. The molecule has 0 spiro atoms. The molecule has 0 amide bonds. The van der Waals surface area contributed by atoms with Crippen LogP contribution < -0.4 is 10.1 Å². The number of nitrogens with one attached hydrogen (secondary N) is 1. The molecule has 0 bridgehead atoms. The van der Waals surface area contributed by atoms with Gasteiger partial charge in [-0.1, -0.05) is 39.5 Å². The maximum atomic E-state index is 5.77. The Hall–Kier alpha value is -1.09. The van der Waals surface area contributed by atoms with E-state index < -0.39 is 0 Å². The van der Waals surface area contributed by atoms with Crippen molar-refractivity contribution in [3.05, 3.63) is 24.0 Å². The molecule has 1 aromatic rings. The number of unbranched alkanes of at least 4 members (excludes halogenated alkanes) is 4. The van der Waals surface area contributed by atoms with Crippen LogP contribution in [0.3, 0.4) is 0 Å². The van der Waals surface area contributed by atoms with Gasteiger partial charge in [-0.05, 0) is 25.5 Å². The molecule has 0 aliphatic heterocycles. The number of hydrogen-bond donors (Lipinski definition) is 1. The van der Waals surface area contributed by atoms with Crippen LogP contribution >= 0.6 is 0 Å². The second kappa shape index (κ2) is 10.8. The average Bonchev–Trinajstić information content (AvgIpc) is 2.43. The lowest BCUT2D eigenvalue weighted by Gasteiger charge is -2.08. The lowest BCUT2D eigenvalue weighted by atomic mass is 10.2. The van der Waals surface area contributed by atoms with Crippen LogP contribution in [0.2, 0.25) is 0 Å². The van der Waals surface area contributed by atoms with Crippen molar-refractivity contribution in [2.45, 2.75) is 58.9 Å². The van der Waals surface area contributed by atoms with Crippen LogP contribution in [-0.2, 0) is 6.54 Å². The minimum absolute atomic E-state index is 0.815. The number of pyridine rings is 1. The van der Waals surface area contributed by atoms with Gasteiger partial charge in [-0.3, -0.25) is 4.98 Å². The summed E-state index contributed by atoms with van der Waals surface area (Å²) in [5.41, 5.74) is 1.05. The molecule has 3 nitrogen and oxygen atoms in total. The SMILES string of the molecule is CCCCCCCOc1ccnc(CNCCC)c1. The molecular weight excluding hydrogens is 236 g/mol. The average molecular weight is 264 g/mol.